The summed E-state index contributed by atoms with van der Waals surface area (Å²) in [5.74, 6) is 1.09. The van der Waals surface area contributed by atoms with Crippen LogP contribution in [0.1, 0.15) is 47.0 Å². The summed E-state index contributed by atoms with van der Waals surface area (Å²) in [5, 5.41) is 2.87. The summed E-state index contributed by atoms with van der Waals surface area (Å²) in [6, 6.07) is 0. The standard InChI is InChI=1S/C15H27NO3S/c1-5-13-10(2)6-7-14(19-13)11(3)15(18)20-9-8-16-12(4)17/h10-11,13-14H,5-9H2,1-4H3,(H,16,17)/t10-,11+,13+,14+/m0/s1. The van der Waals surface area contributed by atoms with Crippen LogP contribution in [0.5, 0.6) is 0 Å². The lowest BCUT2D eigenvalue weighted by Gasteiger charge is -2.36. The van der Waals surface area contributed by atoms with E-state index in [2.05, 4.69) is 19.2 Å². The average molecular weight is 301 g/mol. The van der Waals surface area contributed by atoms with E-state index >= 15 is 0 Å². The molecule has 1 heterocycles. The van der Waals surface area contributed by atoms with Gasteiger partial charge in [0.25, 0.3) is 0 Å². The number of hydrogen-bond acceptors (Lipinski definition) is 4. The van der Waals surface area contributed by atoms with Gasteiger partial charge >= 0.3 is 0 Å². The zero-order chi connectivity index (χ0) is 15.1. The Morgan fingerprint density at radius 3 is 2.70 bits per heavy atom. The molecule has 1 aliphatic heterocycles. The Kier molecular flexibility index (Phi) is 7.59. The minimum atomic E-state index is -0.0705. The Hall–Kier alpha value is -0.550. The average Bonchev–Trinajstić information content (AvgIpc) is 2.42. The first-order chi connectivity index (χ1) is 9.45. The molecule has 5 heteroatoms. The molecule has 1 N–H and O–H groups in total. The van der Waals surface area contributed by atoms with E-state index in [1.165, 1.54) is 18.7 Å². The minimum absolute atomic E-state index is 0.0527. The van der Waals surface area contributed by atoms with Crippen LogP contribution in [0.15, 0.2) is 0 Å². The quantitative estimate of drug-likeness (QED) is 0.766. The van der Waals surface area contributed by atoms with Gasteiger partial charge in [0.05, 0.1) is 18.1 Å². The highest BCUT2D eigenvalue weighted by molar-refractivity contribution is 8.13. The van der Waals surface area contributed by atoms with Gasteiger partial charge in [0.1, 0.15) is 0 Å². The number of rotatable bonds is 6. The van der Waals surface area contributed by atoms with Crippen molar-refractivity contribution in [3.8, 4) is 0 Å². The summed E-state index contributed by atoms with van der Waals surface area (Å²) >= 11 is 1.30. The Balaban J connectivity index is 2.34. The molecule has 0 saturated carbocycles. The van der Waals surface area contributed by atoms with Crippen LogP contribution in [0, 0.1) is 11.8 Å². The van der Waals surface area contributed by atoms with Gasteiger partial charge in [0, 0.05) is 19.2 Å². The number of thioether (sulfide) groups is 1. The van der Waals surface area contributed by atoms with Crippen LogP contribution >= 0.6 is 11.8 Å². The molecule has 1 saturated heterocycles. The van der Waals surface area contributed by atoms with Gasteiger partial charge in [-0.15, -0.1) is 0 Å². The third-order valence-corrected chi connectivity index (χ3v) is 5.01. The molecule has 1 amide bonds. The number of ether oxygens (including phenoxy) is 1. The summed E-state index contributed by atoms with van der Waals surface area (Å²) < 4.78 is 6.07. The fourth-order valence-electron chi connectivity index (χ4n) is 2.57. The van der Waals surface area contributed by atoms with Crippen molar-refractivity contribution in [2.45, 2.75) is 59.2 Å². The summed E-state index contributed by atoms with van der Waals surface area (Å²) in [6.45, 7) is 8.34. The molecule has 1 aliphatic rings. The van der Waals surface area contributed by atoms with Crippen LogP contribution in [0.3, 0.4) is 0 Å². The van der Waals surface area contributed by atoms with Gasteiger partial charge in [-0.2, -0.15) is 0 Å². The smallest absolute Gasteiger partial charge is 0.216 e. The number of nitrogens with one attached hydrogen (secondary N) is 1. The Bertz CT molecular complexity index is 335. The highest BCUT2D eigenvalue weighted by Gasteiger charge is 2.33. The van der Waals surface area contributed by atoms with Crippen LogP contribution in [0.25, 0.3) is 0 Å². The third kappa shape index (κ3) is 5.44. The van der Waals surface area contributed by atoms with E-state index in [0.29, 0.717) is 18.2 Å². The number of hydrogen-bond donors (Lipinski definition) is 1. The number of carbonyl (C=O) groups is 2. The first kappa shape index (κ1) is 17.5. The summed E-state index contributed by atoms with van der Waals surface area (Å²) in [7, 11) is 0. The second-order valence-electron chi connectivity index (χ2n) is 5.62. The molecule has 116 valence electrons. The van der Waals surface area contributed by atoms with Crippen LogP contribution < -0.4 is 5.32 Å². The lowest BCUT2D eigenvalue weighted by atomic mass is 9.88. The van der Waals surface area contributed by atoms with Crippen molar-refractivity contribution in [2.75, 3.05) is 12.3 Å². The second kappa shape index (κ2) is 8.67. The molecule has 0 aromatic heterocycles. The zero-order valence-corrected chi connectivity index (χ0v) is 13.8. The second-order valence-corrected chi connectivity index (χ2v) is 6.71. The molecule has 0 bridgehead atoms. The minimum Gasteiger partial charge on any atom is -0.374 e. The number of carbonyl (C=O) groups excluding carboxylic acids is 2. The van der Waals surface area contributed by atoms with Crippen molar-refractivity contribution in [3.05, 3.63) is 0 Å². The van der Waals surface area contributed by atoms with Gasteiger partial charge in [-0.05, 0) is 25.2 Å². The van der Waals surface area contributed by atoms with Crippen LogP contribution in [-0.4, -0.2) is 35.5 Å². The topological polar surface area (TPSA) is 55.4 Å². The van der Waals surface area contributed by atoms with Crippen molar-refractivity contribution in [3.63, 3.8) is 0 Å². The van der Waals surface area contributed by atoms with Crippen molar-refractivity contribution < 1.29 is 14.3 Å². The van der Waals surface area contributed by atoms with Crippen molar-refractivity contribution in [2.24, 2.45) is 11.8 Å². The summed E-state index contributed by atoms with van der Waals surface area (Å²) in [6.07, 6.45) is 3.45. The lowest BCUT2D eigenvalue weighted by molar-refractivity contribution is -0.130. The van der Waals surface area contributed by atoms with Crippen molar-refractivity contribution in [1.29, 1.82) is 0 Å². The van der Waals surface area contributed by atoms with E-state index in [9.17, 15) is 9.59 Å². The molecule has 1 rings (SSSR count). The molecule has 0 radical (unpaired) electrons. The molecular formula is C15H27NO3S. The van der Waals surface area contributed by atoms with E-state index < -0.39 is 0 Å². The fourth-order valence-corrected chi connectivity index (χ4v) is 3.39. The molecule has 0 aliphatic carbocycles. The van der Waals surface area contributed by atoms with Gasteiger partial charge < -0.3 is 10.1 Å². The largest absolute Gasteiger partial charge is 0.374 e. The maximum absolute atomic E-state index is 12.1. The van der Waals surface area contributed by atoms with E-state index in [4.69, 9.17) is 4.74 Å². The SMILES string of the molecule is CC[C@H]1O[C@@H]([C@@H](C)C(=O)SCCNC(C)=O)CC[C@@H]1C. The monoisotopic (exact) mass is 301 g/mol. The molecule has 20 heavy (non-hydrogen) atoms. The van der Waals surface area contributed by atoms with E-state index in [0.717, 1.165) is 19.3 Å². The van der Waals surface area contributed by atoms with Crippen molar-refractivity contribution >= 4 is 22.8 Å². The summed E-state index contributed by atoms with van der Waals surface area (Å²) in [5.41, 5.74) is 0. The molecule has 4 atom stereocenters. The van der Waals surface area contributed by atoms with E-state index in [1.807, 2.05) is 6.92 Å². The van der Waals surface area contributed by atoms with E-state index in [1.54, 1.807) is 0 Å². The third-order valence-electron chi connectivity index (χ3n) is 3.94. The highest BCUT2D eigenvalue weighted by Crippen LogP contribution is 2.31. The summed E-state index contributed by atoms with van der Waals surface area (Å²) in [4.78, 5) is 22.9. The highest BCUT2D eigenvalue weighted by atomic mass is 32.2. The maximum Gasteiger partial charge on any atom is 0.216 e. The predicted octanol–water partition coefficient (Wildman–Crippen LogP) is 2.61. The molecule has 0 unspecified atom stereocenters. The molecule has 0 aromatic carbocycles. The van der Waals surface area contributed by atoms with Crippen LogP contribution in [0.4, 0.5) is 0 Å². The molecule has 1 fully saturated rings. The van der Waals surface area contributed by atoms with Gasteiger partial charge in [-0.25, -0.2) is 0 Å². The van der Waals surface area contributed by atoms with Gasteiger partial charge in [-0.3, -0.25) is 9.59 Å². The molecule has 0 spiro atoms. The van der Waals surface area contributed by atoms with Crippen LogP contribution in [-0.2, 0) is 14.3 Å². The number of amides is 1. The maximum atomic E-state index is 12.1. The Morgan fingerprint density at radius 2 is 2.10 bits per heavy atom. The van der Waals surface area contributed by atoms with E-state index in [-0.39, 0.29) is 29.1 Å². The Labute approximate surface area is 126 Å². The zero-order valence-electron chi connectivity index (χ0n) is 13.0. The normalized spacial score (nSPS) is 27.9. The predicted molar refractivity (Wildman–Crippen MR) is 82.7 cm³/mol. The lowest BCUT2D eigenvalue weighted by Crippen LogP contribution is -2.38. The molecular weight excluding hydrogens is 274 g/mol. The van der Waals surface area contributed by atoms with Crippen LogP contribution in [0.2, 0.25) is 0 Å². The molecule has 4 nitrogen and oxygen atoms in total. The van der Waals surface area contributed by atoms with Gasteiger partial charge in [0.2, 0.25) is 5.91 Å². The fraction of sp³-hybridized carbons (Fsp3) is 0.867. The first-order valence-corrected chi connectivity index (χ1v) is 8.50. The Morgan fingerprint density at radius 1 is 1.40 bits per heavy atom. The first-order valence-electron chi connectivity index (χ1n) is 7.52. The van der Waals surface area contributed by atoms with Crippen molar-refractivity contribution in [1.82, 2.24) is 5.32 Å². The van der Waals surface area contributed by atoms with Gasteiger partial charge in [0.15, 0.2) is 5.12 Å². The van der Waals surface area contributed by atoms with Gasteiger partial charge in [-0.1, -0.05) is 32.5 Å². The molecule has 0 aromatic rings.